The molecule has 0 amide bonds. The molecule has 3 aromatic rings. The summed E-state index contributed by atoms with van der Waals surface area (Å²) in [6, 6.07) is 26.5. The van der Waals surface area contributed by atoms with Gasteiger partial charge in [-0.2, -0.15) is 0 Å². The zero-order chi connectivity index (χ0) is 18.6. The van der Waals surface area contributed by atoms with Crippen LogP contribution in [0.3, 0.4) is 0 Å². The topological polar surface area (TPSA) is 29.5 Å². The van der Waals surface area contributed by atoms with E-state index in [1.165, 1.54) is 15.9 Å². The molecule has 1 radical (unpaired) electrons. The smallest absolute Gasteiger partial charge is 0.283 e. The molecule has 0 unspecified atom stereocenters. The van der Waals surface area contributed by atoms with E-state index in [9.17, 15) is 5.11 Å². The van der Waals surface area contributed by atoms with Gasteiger partial charge in [0.2, 0.25) is 0 Å². The van der Waals surface area contributed by atoms with Gasteiger partial charge in [-0.1, -0.05) is 87.5 Å². The van der Waals surface area contributed by atoms with Crippen LogP contribution in [0.2, 0.25) is 0 Å². The van der Waals surface area contributed by atoms with Gasteiger partial charge >= 0.3 is 0 Å². The molecule has 0 aromatic heterocycles. The van der Waals surface area contributed by atoms with Crippen molar-refractivity contribution >= 4 is 19.4 Å². The van der Waals surface area contributed by atoms with Crippen molar-refractivity contribution < 1.29 is 9.53 Å². The minimum atomic E-state index is -1.37. The van der Waals surface area contributed by atoms with Gasteiger partial charge in [0.15, 0.2) is 0 Å². The Hall–Kier alpha value is -2.36. The average Bonchev–Trinajstić information content (AvgIpc) is 2.64. The molecule has 0 saturated heterocycles. The second-order valence-corrected chi connectivity index (χ2v) is 9.54. The van der Waals surface area contributed by atoms with Gasteiger partial charge in [0, 0.05) is 5.56 Å². The summed E-state index contributed by atoms with van der Waals surface area (Å²) in [5.74, 6) is 0.292. The van der Waals surface area contributed by atoms with Gasteiger partial charge in [0.1, 0.15) is 5.75 Å². The van der Waals surface area contributed by atoms with Crippen LogP contribution in [0.25, 0.3) is 0 Å². The van der Waals surface area contributed by atoms with Crippen LogP contribution in [0, 0.1) is 0 Å². The van der Waals surface area contributed by atoms with Gasteiger partial charge < -0.3 is 9.53 Å². The van der Waals surface area contributed by atoms with Crippen molar-refractivity contribution in [3.8, 4) is 5.75 Å². The second-order valence-electron chi connectivity index (χ2n) is 7.44. The summed E-state index contributed by atoms with van der Waals surface area (Å²) in [7, 11) is -1.37. The Morgan fingerprint density at radius 2 is 1.35 bits per heavy atom. The lowest BCUT2D eigenvalue weighted by molar-refractivity contribution is 0.312. The van der Waals surface area contributed by atoms with Crippen LogP contribution in [0.4, 0.5) is 0 Å². The molecule has 0 saturated carbocycles. The van der Waals surface area contributed by atoms with E-state index < -0.39 is 9.04 Å². The molecular formula is C23H25O2Si. The lowest BCUT2D eigenvalue weighted by atomic mass is 9.86. The highest BCUT2D eigenvalue weighted by Crippen LogP contribution is 2.27. The van der Waals surface area contributed by atoms with Crippen molar-refractivity contribution in [3.05, 3.63) is 90.0 Å². The van der Waals surface area contributed by atoms with E-state index in [0.29, 0.717) is 12.4 Å². The van der Waals surface area contributed by atoms with Gasteiger partial charge in [-0.15, -0.1) is 0 Å². The predicted molar refractivity (Wildman–Crippen MR) is 110 cm³/mol. The molecule has 26 heavy (non-hydrogen) atoms. The maximum Gasteiger partial charge on any atom is 0.283 e. The summed E-state index contributed by atoms with van der Waals surface area (Å²) in [5.41, 5.74) is 2.07. The molecule has 3 rings (SSSR count). The third-order valence-corrected chi connectivity index (χ3v) is 6.54. The number of benzene rings is 3. The summed E-state index contributed by atoms with van der Waals surface area (Å²) in [6.07, 6.45) is 0. The summed E-state index contributed by atoms with van der Waals surface area (Å²) in [4.78, 5) is 0. The number of aromatic hydroxyl groups is 1. The summed E-state index contributed by atoms with van der Waals surface area (Å²) in [6.45, 7) is 6.92. The van der Waals surface area contributed by atoms with E-state index in [1.807, 2.05) is 42.5 Å². The van der Waals surface area contributed by atoms with Crippen LogP contribution in [0.5, 0.6) is 5.75 Å². The first kappa shape index (κ1) is 18.4. The molecule has 2 nitrogen and oxygen atoms in total. The summed E-state index contributed by atoms with van der Waals surface area (Å²) >= 11 is 0. The van der Waals surface area contributed by atoms with E-state index in [1.54, 1.807) is 6.07 Å². The van der Waals surface area contributed by atoms with Crippen LogP contribution in [-0.2, 0) is 16.4 Å². The van der Waals surface area contributed by atoms with Crippen LogP contribution in [0.15, 0.2) is 78.9 Å². The maximum atomic E-state index is 10.3. The highest BCUT2D eigenvalue weighted by atomic mass is 28.3. The fraction of sp³-hybridized carbons (Fsp3) is 0.217. The van der Waals surface area contributed by atoms with E-state index in [-0.39, 0.29) is 5.41 Å². The monoisotopic (exact) mass is 361 g/mol. The Balaban J connectivity index is 1.87. The molecule has 0 fully saturated rings. The first-order chi connectivity index (χ1) is 12.4. The Morgan fingerprint density at radius 1 is 0.808 bits per heavy atom. The third-order valence-electron chi connectivity index (χ3n) is 4.39. The fourth-order valence-corrected chi connectivity index (χ4v) is 4.79. The Bertz CT molecular complexity index is 800. The lowest BCUT2D eigenvalue weighted by Gasteiger charge is -2.21. The Labute approximate surface area is 157 Å². The number of phenols is 1. The van der Waals surface area contributed by atoms with Crippen LogP contribution < -0.4 is 10.4 Å². The molecule has 0 spiro atoms. The second kappa shape index (κ2) is 7.90. The fourth-order valence-electron chi connectivity index (χ4n) is 2.83. The van der Waals surface area contributed by atoms with Crippen molar-refractivity contribution in [1.29, 1.82) is 0 Å². The van der Waals surface area contributed by atoms with Crippen molar-refractivity contribution in [2.45, 2.75) is 32.8 Å². The highest BCUT2D eigenvalue weighted by Gasteiger charge is 2.21. The van der Waals surface area contributed by atoms with Crippen LogP contribution in [0.1, 0.15) is 31.9 Å². The van der Waals surface area contributed by atoms with Gasteiger partial charge in [-0.25, -0.2) is 0 Å². The minimum Gasteiger partial charge on any atom is -0.508 e. The first-order valence-electron chi connectivity index (χ1n) is 8.88. The third kappa shape index (κ3) is 4.42. The summed E-state index contributed by atoms with van der Waals surface area (Å²) < 4.78 is 6.39. The lowest BCUT2D eigenvalue weighted by Crippen LogP contribution is -2.44. The molecular weight excluding hydrogens is 336 g/mol. The molecule has 3 heteroatoms. The molecule has 0 aliphatic heterocycles. The van der Waals surface area contributed by atoms with Gasteiger partial charge in [-0.05, 0) is 33.5 Å². The number of phenolic OH excluding ortho intramolecular Hbond substituents is 1. The van der Waals surface area contributed by atoms with Gasteiger partial charge in [0.25, 0.3) is 9.04 Å². The van der Waals surface area contributed by atoms with Crippen molar-refractivity contribution in [2.24, 2.45) is 0 Å². The van der Waals surface area contributed by atoms with E-state index in [2.05, 4.69) is 51.1 Å². The number of rotatable bonds is 5. The van der Waals surface area contributed by atoms with E-state index in [4.69, 9.17) is 4.43 Å². The van der Waals surface area contributed by atoms with Crippen LogP contribution in [-0.4, -0.2) is 14.1 Å². The number of hydrogen-bond donors (Lipinski definition) is 1. The highest BCUT2D eigenvalue weighted by molar-refractivity contribution is 6.80. The van der Waals surface area contributed by atoms with Gasteiger partial charge in [-0.3, -0.25) is 0 Å². The molecule has 0 aliphatic rings. The van der Waals surface area contributed by atoms with Crippen LogP contribution >= 0.6 is 0 Å². The number of hydrogen-bond acceptors (Lipinski definition) is 2. The van der Waals surface area contributed by atoms with Crippen molar-refractivity contribution in [1.82, 2.24) is 0 Å². The first-order valence-corrected chi connectivity index (χ1v) is 10.3. The zero-order valence-corrected chi connectivity index (χ0v) is 16.6. The van der Waals surface area contributed by atoms with Gasteiger partial charge in [0.05, 0.1) is 6.61 Å². The molecule has 1 N–H and O–H groups in total. The van der Waals surface area contributed by atoms with E-state index >= 15 is 0 Å². The Kier molecular flexibility index (Phi) is 5.60. The molecule has 0 aliphatic carbocycles. The quantitative estimate of drug-likeness (QED) is 0.696. The normalized spacial score (nSPS) is 11.7. The average molecular weight is 362 g/mol. The zero-order valence-electron chi connectivity index (χ0n) is 15.6. The molecule has 0 atom stereocenters. The van der Waals surface area contributed by atoms with Crippen molar-refractivity contribution in [3.63, 3.8) is 0 Å². The molecule has 3 aromatic carbocycles. The predicted octanol–water partition coefficient (Wildman–Crippen LogP) is 4.01. The molecule has 0 bridgehead atoms. The Morgan fingerprint density at radius 3 is 1.85 bits per heavy atom. The maximum absolute atomic E-state index is 10.3. The van der Waals surface area contributed by atoms with E-state index in [0.717, 1.165) is 5.56 Å². The minimum absolute atomic E-state index is 0.0368. The standard InChI is InChI=1S/C23H25O2Si/c1-23(2,3)19-14-15-22(24)18(16-19)17-25-26(20-10-6-4-7-11-20)21-12-8-5-9-13-21/h4-16,24H,17H2,1-3H3. The van der Waals surface area contributed by atoms with Crippen molar-refractivity contribution in [2.75, 3.05) is 0 Å². The molecule has 0 heterocycles. The molecule has 133 valence electrons. The largest absolute Gasteiger partial charge is 0.508 e. The SMILES string of the molecule is CC(C)(C)c1ccc(O)c(CO[Si](c2ccccc2)c2ccccc2)c1. The summed E-state index contributed by atoms with van der Waals surface area (Å²) in [5, 5.41) is 12.7.